The molecule has 0 saturated carbocycles. The Morgan fingerprint density at radius 2 is 2.05 bits per heavy atom. The smallest absolute Gasteiger partial charge is 0.176 e. The van der Waals surface area contributed by atoms with Gasteiger partial charge in [-0.05, 0) is 17.7 Å². The highest BCUT2D eigenvalue weighted by molar-refractivity contribution is 5.19. The van der Waals surface area contributed by atoms with Crippen LogP contribution in [0.15, 0.2) is 30.3 Å². The van der Waals surface area contributed by atoms with Crippen molar-refractivity contribution >= 4 is 0 Å². The van der Waals surface area contributed by atoms with Crippen molar-refractivity contribution in [2.24, 2.45) is 12.8 Å². The van der Waals surface area contributed by atoms with Crippen LogP contribution in [0, 0.1) is 0 Å². The molecule has 6 nitrogen and oxygen atoms in total. The fraction of sp³-hybridized carbons (Fsp3) is 0.462. The number of nitrogens with zero attached hydrogens (tertiary/aromatic N) is 4. The van der Waals surface area contributed by atoms with E-state index >= 15 is 0 Å². The summed E-state index contributed by atoms with van der Waals surface area (Å²) in [7, 11) is 1.74. The maximum Gasteiger partial charge on any atom is 0.176 e. The van der Waals surface area contributed by atoms with Crippen LogP contribution in [-0.2, 0) is 18.2 Å². The summed E-state index contributed by atoms with van der Waals surface area (Å²) in [6, 6.07) is 9.77. The fourth-order valence-electron chi connectivity index (χ4n) is 2.01. The van der Waals surface area contributed by atoms with Crippen LogP contribution in [0.3, 0.4) is 0 Å². The highest BCUT2D eigenvalue weighted by Gasteiger charge is 2.22. The molecule has 0 amide bonds. The molecule has 6 heteroatoms. The average molecular weight is 261 g/mol. The quantitative estimate of drug-likeness (QED) is 0.834. The molecule has 0 saturated heterocycles. The molecule has 1 aromatic carbocycles. The van der Waals surface area contributed by atoms with E-state index in [1.165, 1.54) is 4.80 Å². The van der Waals surface area contributed by atoms with Gasteiger partial charge >= 0.3 is 0 Å². The van der Waals surface area contributed by atoms with E-state index in [0.29, 0.717) is 18.9 Å². The lowest BCUT2D eigenvalue weighted by Gasteiger charge is -2.23. The van der Waals surface area contributed by atoms with Crippen molar-refractivity contribution in [1.82, 2.24) is 20.2 Å². The van der Waals surface area contributed by atoms with Crippen molar-refractivity contribution in [3.63, 3.8) is 0 Å². The van der Waals surface area contributed by atoms with E-state index < -0.39 is 0 Å². The molecule has 2 N–H and O–H groups in total. The minimum Gasteiger partial charge on any atom is -0.372 e. The normalized spacial score (nSPS) is 14.3. The summed E-state index contributed by atoms with van der Waals surface area (Å²) >= 11 is 0. The summed E-state index contributed by atoms with van der Waals surface area (Å²) in [6.07, 6.45) is 0.378. The van der Waals surface area contributed by atoms with Gasteiger partial charge in [0.15, 0.2) is 5.82 Å². The first kappa shape index (κ1) is 13.6. The number of aryl methyl sites for hydroxylation is 1. The number of hydrogen-bond acceptors (Lipinski definition) is 5. The Labute approximate surface area is 112 Å². The molecule has 0 aliphatic heterocycles. The zero-order valence-corrected chi connectivity index (χ0v) is 11.2. The van der Waals surface area contributed by atoms with E-state index in [1.807, 2.05) is 37.3 Å². The van der Waals surface area contributed by atoms with Gasteiger partial charge < -0.3 is 10.5 Å². The van der Waals surface area contributed by atoms with Crippen LogP contribution in [-0.4, -0.2) is 32.9 Å². The third-order valence-electron chi connectivity index (χ3n) is 2.83. The number of benzene rings is 1. The van der Waals surface area contributed by atoms with Crippen LogP contribution in [0.4, 0.5) is 0 Å². The first-order valence-corrected chi connectivity index (χ1v) is 6.35. The minimum atomic E-state index is -0.202. The predicted octanol–water partition coefficient (Wildman–Crippen LogP) is 0.858. The Kier molecular flexibility index (Phi) is 4.59. The van der Waals surface area contributed by atoms with Gasteiger partial charge in [-0.15, -0.1) is 10.2 Å². The maximum absolute atomic E-state index is 6.24. The highest BCUT2D eigenvalue weighted by atomic mass is 16.5. The summed E-state index contributed by atoms with van der Waals surface area (Å²) in [5.74, 6) is 0.635. The SMILES string of the molecule is CCOC(c1ccccc1)C(N)Cc1nnn(C)n1. The fourth-order valence-corrected chi connectivity index (χ4v) is 2.01. The van der Waals surface area contributed by atoms with Crippen LogP contribution in [0.1, 0.15) is 24.4 Å². The van der Waals surface area contributed by atoms with Gasteiger partial charge in [0.2, 0.25) is 0 Å². The number of nitrogens with two attached hydrogens (primary N) is 1. The van der Waals surface area contributed by atoms with Crippen molar-refractivity contribution in [1.29, 1.82) is 0 Å². The molecule has 102 valence electrons. The lowest BCUT2D eigenvalue weighted by molar-refractivity contribution is 0.0428. The number of aromatic nitrogens is 4. The summed E-state index contributed by atoms with van der Waals surface area (Å²) in [5.41, 5.74) is 7.31. The van der Waals surface area contributed by atoms with E-state index in [4.69, 9.17) is 10.5 Å². The molecule has 2 rings (SSSR count). The lowest BCUT2D eigenvalue weighted by atomic mass is 10.00. The number of hydrogen-bond donors (Lipinski definition) is 1. The van der Waals surface area contributed by atoms with Gasteiger partial charge in [0.05, 0.1) is 13.2 Å². The Morgan fingerprint density at radius 3 is 2.63 bits per heavy atom. The van der Waals surface area contributed by atoms with Gasteiger partial charge in [-0.25, -0.2) is 0 Å². The predicted molar refractivity (Wildman–Crippen MR) is 71.3 cm³/mol. The monoisotopic (exact) mass is 261 g/mol. The van der Waals surface area contributed by atoms with Crippen LogP contribution in [0.25, 0.3) is 0 Å². The largest absolute Gasteiger partial charge is 0.372 e. The molecule has 0 fully saturated rings. The van der Waals surface area contributed by atoms with Crippen LogP contribution in [0.2, 0.25) is 0 Å². The van der Waals surface area contributed by atoms with Gasteiger partial charge in [-0.3, -0.25) is 0 Å². The first-order valence-electron chi connectivity index (χ1n) is 6.35. The van der Waals surface area contributed by atoms with Gasteiger partial charge in [0, 0.05) is 19.1 Å². The van der Waals surface area contributed by atoms with Gasteiger partial charge in [0.1, 0.15) is 0 Å². The average Bonchev–Trinajstić information content (AvgIpc) is 2.82. The summed E-state index contributed by atoms with van der Waals surface area (Å²) in [5, 5.41) is 11.9. The van der Waals surface area contributed by atoms with Crippen LogP contribution in [0.5, 0.6) is 0 Å². The Morgan fingerprint density at radius 1 is 1.32 bits per heavy atom. The zero-order chi connectivity index (χ0) is 13.7. The van der Waals surface area contributed by atoms with Gasteiger partial charge in [0.25, 0.3) is 0 Å². The highest BCUT2D eigenvalue weighted by Crippen LogP contribution is 2.21. The summed E-state index contributed by atoms with van der Waals surface area (Å²) in [6.45, 7) is 2.57. The zero-order valence-electron chi connectivity index (χ0n) is 11.2. The molecular formula is C13H19N5O. The molecule has 0 aliphatic carbocycles. The Hall–Kier alpha value is -1.79. The third kappa shape index (κ3) is 3.59. The summed E-state index contributed by atoms with van der Waals surface area (Å²) < 4.78 is 5.76. The topological polar surface area (TPSA) is 78.9 Å². The Bertz CT molecular complexity index is 499. The van der Waals surface area contributed by atoms with Crippen molar-refractivity contribution in [2.45, 2.75) is 25.5 Å². The maximum atomic E-state index is 6.24. The molecule has 2 unspecified atom stereocenters. The molecule has 2 aromatic rings. The van der Waals surface area contributed by atoms with Gasteiger partial charge in [-0.1, -0.05) is 30.3 Å². The second kappa shape index (κ2) is 6.40. The molecule has 2 atom stereocenters. The second-order valence-corrected chi connectivity index (χ2v) is 4.35. The van der Waals surface area contributed by atoms with E-state index in [0.717, 1.165) is 5.56 Å². The molecule has 0 spiro atoms. The molecule has 0 radical (unpaired) electrons. The standard InChI is InChI=1S/C13H19N5O/c1-3-19-13(10-7-5-4-6-8-10)11(14)9-12-15-17-18(2)16-12/h4-8,11,13H,3,9,14H2,1-2H3. The molecule has 1 heterocycles. The van der Waals surface area contributed by atoms with E-state index in [9.17, 15) is 0 Å². The van der Waals surface area contributed by atoms with Gasteiger partial charge in [-0.2, -0.15) is 4.80 Å². The lowest BCUT2D eigenvalue weighted by Crippen LogP contribution is -2.33. The van der Waals surface area contributed by atoms with Crippen molar-refractivity contribution in [3.8, 4) is 0 Å². The van der Waals surface area contributed by atoms with Crippen molar-refractivity contribution < 1.29 is 4.74 Å². The van der Waals surface area contributed by atoms with E-state index in [2.05, 4.69) is 15.4 Å². The van der Waals surface area contributed by atoms with E-state index in [1.54, 1.807) is 7.05 Å². The van der Waals surface area contributed by atoms with Crippen LogP contribution < -0.4 is 5.73 Å². The summed E-state index contributed by atoms with van der Waals surface area (Å²) in [4.78, 5) is 1.43. The second-order valence-electron chi connectivity index (χ2n) is 4.35. The molecule has 1 aromatic heterocycles. The van der Waals surface area contributed by atoms with E-state index in [-0.39, 0.29) is 12.1 Å². The molecule has 19 heavy (non-hydrogen) atoms. The number of rotatable bonds is 6. The number of tetrazole rings is 1. The van der Waals surface area contributed by atoms with Crippen molar-refractivity contribution in [2.75, 3.05) is 6.61 Å². The molecule has 0 bridgehead atoms. The third-order valence-corrected chi connectivity index (χ3v) is 2.83. The molecular weight excluding hydrogens is 242 g/mol. The minimum absolute atomic E-state index is 0.157. The van der Waals surface area contributed by atoms with Crippen molar-refractivity contribution in [3.05, 3.63) is 41.7 Å². The van der Waals surface area contributed by atoms with Crippen LogP contribution >= 0.6 is 0 Å². The Balaban J connectivity index is 2.10. The molecule has 0 aliphatic rings. The first-order chi connectivity index (χ1) is 9.20. The number of ether oxygens (including phenoxy) is 1.